The smallest absolute Gasteiger partial charge is 0.408 e. The first kappa shape index (κ1) is 15.5. The first-order valence-corrected chi connectivity index (χ1v) is 8.34. The van der Waals surface area contributed by atoms with E-state index in [4.69, 9.17) is 4.42 Å². The average molecular weight is 337 g/mol. The van der Waals surface area contributed by atoms with Crippen molar-refractivity contribution >= 4 is 22.7 Å². The fraction of sp³-hybridized carbons (Fsp3) is 0.263. The third kappa shape index (κ3) is 3.03. The number of anilines is 1. The number of carbonyl (C=O) groups excluding carboxylic acids is 1. The van der Waals surface area contributed by atoms with Crippen LogP contribution in [0.5, 0.6) is 0 Å². The second-order valence-corrected chi connectivity index (χ2v) is 6.34. The molecule has 0 radical (unpaired) electrons. The molecule has 1 fully saturated rings. The minimum atomic E-state index is -0.444. The molecule has 1 aliphatic heterocycles. The van der Waals surface area contributed by atoms with Crippen molar-refractivity contribution in [3.8, 4) is 0 Å². The van der Waals surface area contributed by atoms with Crippen LogP contribution in [-0.2, 0) is 0 Å². The maximum Gasteiger partial charge on any atom is 0.417 e. The number of amides is 1. The third-order valence-corrected chi connectivity index (χ3v) is 4.60. The number of benzene rings is 2. The number of nitrogens with zero attached hydrogens (tertiary/aromatic N) is 2. The maximum absolute atomic E-state index is 12.6. The van der Waals surface area contributed by atoms with Gasteiger partial charge in [-0.05, 0) is 31.2 Å². The van der Waals surface area contributed by atoms with Crippen LogP contribution < -0.4 is 10.7 Å². The Hall–Kier alpha value is -3.02. The highest BCUT2D eigenvalue weighted by Gasteiger charge is 2.22. The SMILES string of the molecule is Cc1cccc(C(=O)N2CCN(c3ccc4[nH]c(=O)oc4c3)CC2)c1. The molecular weight excluding hydrogens is 318 g/mol. The van der Waals surface area contributed by atoms with Crippen molar-refractivity contribution < 1.29 is 9.21 Å². The Morgan fingerprint density at radius 2 is 1.88 bits per heavy atom. The van der Waals surface area contributed by atoms with Crippen molar-refractivity contribution in [1.82, 2.24) is 9.88 Å². The number of aromatic nitrogens is 1. The lowest BCUT2D eigenvalue weighted by atomic mass is 10.1. The minimum absolute atomic E-state index is 0.0791. The zero-order valence-electron chi connectivity index (χ0n) is 14.0. The van der Waals surface area contributed by atoms with E-state index in [9.17, 15) is 9.59 Å². The number of oxazole rings is 1. The molecule has 0 saturated carbocycles. The zero-order chi connectivity index (χ0) is 17.4. The van der Waals surface area contributed by atoms with Crippen molar-refractivity contribution in [2.24, 2.45) is 0 Å². The summed E-state index contributed by atoms with van der Waals surface area (Å²) in [6.07, 6.45) is 0. The van der Waals surface area contributed by atoms with Crippen molar-refractivity contribution in [2.75, 3.05) is 31.1 Å². The second kappa shape index (κ2) is 6.12. The van der Waals surface area contributed by atoms with Gasteiger partial charge in [-0.15, -0.1) is 0 Å². The molecule has 3 aromatic rings. The average Bonchev–Trinajstić information content (AvgIpc) is 3.00. The van der Waals surface area contributed by atoms with Gasteiger partial charge in [-0.2, -0.15) is 0 Å². The quantitative estimate of drug-likeness (QED) is 0.779. The maximum atomic E-state index is 12.6. The highest BCUT2D eigenvalue weighted by atomic mass is 16.4. The number of aryl methyl sites for hydroxylation is 1. The lowest BCUT2D eigenvalue weighted by Gasteiger charge is -2.36. The number of rotatable bonds is 2. The van der Waals surface area contributed by atoms with Gasteiger partial charge in [0.25, 0.3) is 5.91 Å². The Morgan fingerprint density at radius 3 is 2.64 bits per heavy atom. The lowest BCUT2D eigenvalue weighted by molar-refractivity contribution is 0.0746. The molecule has 1 saturated heterocycles. The molecule has 6 nitrogen and oxygen atoms in total. The summed E-state index contributed by atoms with van der Waals surface area (Å²) in [6.45, 7) is 4.82. The predicted octanol–water partition coefficient (Wildman–Crippen LogP) is 2.39. The topological polar surface area (TPSA) is 69.6 Å². The van der Waals surface area contributed by atoms with Crippen LogP contribution in [0.2, 0.25) is 0 Å². The van der Waals surface area contributed by atoms with Gasteiger partial charge >= 0.3 is 5.76 Å². The Balaban J connectivity index is 1.46. The van der Waals surface area contributed by atoms with Gasteiger partial charge < -0.3 is 14.2 Å². The lowest BCUT2D eigenvalue weighted by Crippen LogP contribution is -2.48. The van der Waals surface area contributed by atoms with Crippen LogP contribution in [-0.4, -0.2) is 42.0 Å². The molecule has 0 unspecified atom stereocenters. The van der Waals surface area contributed by atoms with Gasteiger partial charge in [0.05, 0.1) is 5.52 Å². The highest BCUT2D eigenvalue weighted by Crippen LogP contribution is 2.22. The standard InChI is InChI=1S/C19H19N3O3/c1-13-3-2-4-14(11-13)18(23)22-9-7-21(8-10-22)15-5-6-16-17(12-15)25-19(24)20-16/h2-6,11-12H,7-10H2,1H3,(H,20,24). The summed E-state index contributed by atoms with van der Waals surface area (Å²) in [7, 11) is 0. The van der Waals surface area contributed by atoms with Crippen molar-refractivity contribution in [3.63, 3.8) is 0 Å². The monoisotopic (exact) mass is 337 g/mol. The van der Waals surface area contributed by atoms with E-state index in [0.29, 0.717) is 24.2 Å². The Morgan fingerprint density at radius 1 is 1.08 bits per heavy atom. The molecule has 128 valence electrons. The molecule has 25 heavy (non-hydrogen) atoms. The van der Waals surface area contributed by atoms with Crippen molar-refractivity contribution in [1.29, 1.82) is 0 Å². The van der Waals surface area contributed by atoms with Gasteiger partial charge in [-0.1, -0.05) is 17.7 Å². The normalized spacial score (nSPS) is 14.9. The summed E-state index contributed by atoms with van der Waals surface area (Å²) < 4.78 is 5.13. The van der Waals surface area contributed by atoms with Crippen LogP contribution in [0.4, 0.5) is 5.69 Å². The van der Waals surface area contributed by atoms with Crippen LogP contribution in [0.1, 0.15) is 15.9 Å². The minimum Gasteiger partial charge on any atom is -0.408 e. The first-order valence-electron chi connectivity index (χ1n) is 8.34. The van der Waals surface area contributed by atoms with Gasteiger partial charge in [0.15, 0.2) is 5.58 Å². The molecule has 0 spiro atoms. The van der Waals surface area contributed by atoms with E-state index >= 15 is 0 Å². The van der Waals surface area contributed by atoms with Gasteiger partial charge in [-0.3, -0.25) is 9.78 Å². The predicted molar refractivity (Wildman–Crippen MR) is 96.1 cm³/mol. The number of carbonyl (C=O) groups is 1. The first-order chi connectivity index (χ1) is 12.1. The molecule has 2 heterocycles. The van der Waals surface area contributed by atoms with Gasteiger partial charge in [-0.25, -0.2) is 4.79 Å². The molecule has 0 aliphatic carbocycles. The molecule has 2 aromatic carbocycles. The molecule has 1 amide bonds. The molecule has 1 aliphatic rings. The molecule has 4 rings (SSSR count). The van der Waals surface area contributed by atoms with Crippen molar-refractivity contribution in [3.05, 3.63) is 64.1 Å². The summed E-state index contributed by atoms with van der Waals surface area (Å²) in [5.74, 6) is -0.365. The fourth-order valence-electron chi connectivity index (χ4n) is 3.26. The van der Waals surface area contributed by atoms with Crippen molar-refractivity contribution in [2.45, 2.75) is 6.92 Å². The van der Waals surface area contributed by atoms with Gasteiger partial charge in [0.2, 0.25) is 0 Å². The van der Waals surface area contributed by atoms with Gasteiger partial charge in [0, 0.05) is 43.5 Å². The fourth-order valence-corrected chi connectivity index (χ4v) is 3.26. The Labute approximate surface area is 144 Å². The van der Waals surface area contributed by atoms with E-state index in [1.807, 2.05) is 54.3 Å². The van der Waals surface area contributed by atoms with Crippen LogP contribution >= 0.6 is 0 Å². The molecule has 1 N–H and O–H groups in total. The number of hydrogen-bond acceptors (Lipinski definition) is 4. The summed E-state index contributed by atoms with van der Waals surface area (Å²) in [4.78, 5) is 30.6. The molecule has 1 aromatic heterocycles. The van der Waals surface area contributed by atoms with E-state index in [1.165, 1.54) is 0 Å². The second-order valence-electron chi connectivity index (χ2n) is 6.34. The highest BCUT2D eigenvalue weighted by molar-refractivity contribution is 5.94. The number of hydrogen-bond donors (Lipinski definition) is 1. The van der Waals surface area contributed by atoms with Crippen LogP contribution in [0.15, 0.2) is 51.7 Å². The Bertz CT molecular complexity index is 981. The number of fused-ring (bicyclic) bond motifs is 1. The largest absolute Gasteiger partial charge is 0.417 e. The Kier molecular flexibility index (Phi) is 3.80. The summed E-state index contributed by atoms with van der Waals surface area (Å²) in [5, 5.41) is 0. The number of nitrogens with one attached hydrogen (secondary N) is 1. The van der Waals surface area contributed by atoms with Crippen LogP contribution in [0, 0.1) is 6.92 Å². The van der Waals surface area contributed by atoms with E-state index < -0.39 is 5.76 Å². The number of piperazine rings is 1. The van der Waals surface area contributed by atoms with E-state index in [2.05, 4.69) is 9.88 Å². The van der Waals surface area contributed by atoms with E-state index in [-0.39, 0.29) is 5.91 Å². The summed E-state index contributed by atoms with van der Waals surface area (Å²) >= 11 is 0. The molecule has 6 heteroatoms. The third-order valence-electron chi connectivity index (χ3n) is 4.60. The summed E-state index contributed by atoms with van der Waals surface area (Å²) in [6, 6.07) is 13.4. The molecule has 0 bridgehead atoms. The number of aromatic amines is 1. The molecular formula is C19H19N3O3. The van der Waals surface area contributed by atoms with Gasteiger partial charge in [0.1, 0.15) is 0 Å². The van der Waals surface area contributed by atoms with E-state index in [0.717, 1.165) is 29.9 Å². The van der Waals surface area contributed by atoms with Crippen LogP contribution in [0.25, 0.3) is 11.1 Å². The zero-order valence-corrected chi connectivity index (χ0v) is 14.0. The summed E-state index contributed by atoms with van der Waals surface area (Å²) in [5.41, 5.74) is 4.08. The van der Waals surface area contributed by atoms with E-state index in [1.54, 1.807) is 0 Å². The number of H-pyrrole nitrogens is 1. The van der Waals surface area contributed by atoms with Crippen LogP contribution in [0.3, 0.4) is 0 Å². The molecule has 0 atom stereocenters.